The third kappa shape index (κ3) is 3.72. The van der Waals surface area contributed by atoms with Gasteiger partial charge in [-0.15, -0.1) is 11.3 Å². The Morgan fingerprint density at radius 2 is 2.07 bits per heavy atom. The molecule has 0 spiro atoms. The van der Waals surface area contributed by atoms with Gasteiger partial charge in [0.25, 0.3) is 5.91 Å². The normalized spacial score (nSPS) is 11.5. The highest BCUT2D eigenvalue weighted by atomic mass is 32.1. The molecule has 4 aromatic rings. The number of pyridine rings is 1. The molecule has 0 atom stereocenters. The summed E-state index contributed by atoms with van der Waals surface area (Å²) in [5.41, 5.74) is 4.46. The highest BCUT2D eigenvalue weighted by Gasteiger charge is 2.22. The van der Waals surface area contributed by atoms with Crippen LogP contribution in [0.2, 0.25) is 0 Å². The quantitative estimate of drug-likeness (QED) is 0.413. The van der Waals surface area contributed by atoms with E-state index in [0.29, 0.717) is 12.1 Å². The van der Waals surface area contributed by atoms with Gasteiger partial charge in [-0.1, -0.05) is 0 Å². The maximum Gasteiger partial charge on any atom is 0.254 e. The molecule has 0 aromatic carbocycles. The van der Waals surface area contributed by atoms with Crippen molar-refractivity contribution >= 4 is 39.6 Å². The standard InChI is InChI=1S/C22H24N4OS2/c1-13(2)26-21-19(10-23-26)18(22(27)25(5)11-16-6-7-28-12-16)9-20(24-21)17-8-14(3)29-15(17)4/h6-10,12-13H,11H2,1-5H3. The van der Waals surface area contributed by atoms with Gasteiger partial charge >= 0.3 is 0 Å². The maximum absolute atomic E-state index is 13.4. The first-order chi connectivity index (χ1) is 13.8. The summed E-state index contributed by atoms with van der Waals surface area (Å²) in [6.07, 6.45) is 1.77. The number of carbonyl (C=O) groups excluding carboxylic acids is 1. The van der Waals surface area contributed by atoms with Crippen LogP contribution >= 0.6 is 22.7 Å². The van der Waals surface area contributed by atoms with Crippen LogP contribution in [-0.2, 0) is 6.54 Å². The summed E-state index contributed by atoms with van der Waals surface area (Å²) in [5.74, 6) is -0.0160. The van der Waals surface area contributed by atoms with Crippen molar-refractivity contribution in [2.75, 3.05) is 7.05 Å². The number of fused-ring (bicyclic) bond motifs is 1. The number of aryl methyl sites for hydroxylation is 2. The van der Waals surface area contributed by atoms with Crippen molar-refractivity contribution in [3.63, 3.8) is 0 Å². The van der Waals surface area contributed by atoms with Gasteiger partial charge in [0.05, 0.1) is 22.8 Å². The number of hydrogen-bond donors (Lipinski definition) is 0. The van der Waals surface area contributed by atoms with Crippen molar-refractivity contribution in [1.82, 2.24) is 19.7 Å². The average Bonchev–Trinajstić information content (AvgIpc) is 3.40. The third-order valence-electron chi connectivity index (χ3n) is 4.95. The zero-order chi connectivity index (χ0) is 20.7. The molecule has 29 heavy (non-hydrogen) atoms. The molecule has 0 bridgehead atoms. The molecule has 0 unspecified atom stereocenters. The van der Waals surface area contributed by atoms with Crippen LogP contribution in [0.1, 0.15) is 45.6 Å². The van der Waals surface area contributed by atoms with Crippen molar-refractivity contribution < 1.29 is 4.79 Å². The van der Waals surface area contributed by atoms with Crippen LogP contribution < -0.4 is 0 Å². The van der Waals surface area contributed by atoms with Crippen LogP contribution in [0.15, 0.2) is 35.2 Å². The number of carbonyl (C=O) groups is 1. The second kappa shape index (κ2) is 7.72. The van der Waals surface area contributed by atoms with Gasteiger partial charge in [-0.05, 0) is 62.2 Å². The fourth-order valence-corrected chi connectivity index (χ4v) is 5.12. The van der Waals surface area contributed by atoms with E-state index < -0.39 is 0 Å². The van der Waals surface area contributed by atoms with E-state index >= 15 is 0 Å². The van der Waals surface area contributed by atoms with E-state index in [0.717, 1.165) is 27.9 Å². The van der Waals surface area contributed by atoms with Gasteiger partial charge in [-0.3, -0.25) is 4.79 Å². The van der Waals surface area contributed by atoms with Crippen molar-refractivity contribution in [1.29, 1.82) is 0 Å². The number of nitrogens with zero attached hydrogens (tertiary/aromatic N) is 4. The minimum Gasteiger partial charge on any atom is -0.337 e. The SMILES string of the molecule is Cc1cc(-c2cc(C(=O)N(C)Cc3ccsc3)c3cnn(C(C)C)c3n2)c(C)s1. The number of thiophene rings is 2. The minimum absolute atomic E-state index is 0.0160. The number of hydrogen-bond acceptors (Lipinski definition) is 5. The van der Waals surface area contributed by atoms with Crippen LogP contribution in [0.3, 0.4) is 0 Å². The second-order valence-corrected chi connectivity index (χ2v) is 9.84. The highest BCUT2D eigenvalue weighted by molar-refractivity contribution is 7.12. The molecule has 0 saturated heterocycles. The second-order valence-electron chi connectivity index (χ2n) is 7.59. The van der Waals surface area contributed by atoms with E-state index in [4.69, 9.17) is 4.98 Å². The molecule has 5 nitrogen and oxygen atoms in total. The molecule has 150 valence electrons. The van der Waals surface area contributed by atoms with E-state index in [9.17, 15) is 4.79 Å². The zero-order valence-electron chi connectivity index (χ0n) is 17.3. The van der Waals surface area contributed by atoms with Gasteiger partial charge in [0.2, 0.25) is 0 Å². The van der Waals surface area contributed by atoms with Crippen LogP contribution in [0.25, 0.3) is 22.3 Å². The Morgan fingerprint density at radius 1 is 1.28 bits per heavy atom. The molecule has 0 radical (unpaired) electrons. The van der Waals surface area contributed by atoms with Crippen LogP contribution in [0.5, 0.6) is 0 Å². The van der Waals surface area contributed by atoms with Gasteiger partial charge < -0.3 is 4.90 Å². The average molecular weight is 425 g/mol. The fourth-order valence-electron chi connectivity index (χ4n) is 3.53. The molecule has 1 amide bonds. The Balaban J connectivity index is 1.85. The first kappa shape index (κ1) is 19.8. The highest BCUT2D eigenvalue weighted by Crippen LogP contribution is 2.33. The topological polar surface area (TPSA) is 51.0 Å². The molecule has 0 aliphatic heterocycles. The van der Waals surface area contributed by atoms with Crippen molar-refractivity contribution in [3.05, 3.63) is 56.0 Å². The predicted octanol–water partition coefficient (Wildman–Crippen LogP) is 5.69. The first-order valence-electron chi connectivity index (χ1n) is 9.57. The van der Waals surface area contributed by atoms with E-state index in [1.165, 1.54) is 9.75 Å². The number of rotatable bonds is 5. The Bertz CT molecular complexity index is 1170. The molecule has 4 aromatic heterocycles. The molecule has 0 N–H and O–H groups in total. The smallest absolute Gasteiger partial charge is 0.254 e. The summed E-state index contributed by atoms with van der Waals surface area (Å²) in [5, 5.41) is 9.43. The summed E-state index contributed by atoms with van der Waals surface area (Å²) >= 11 is 3.39. The van der Waals surface area contributed by atoms with Crippen LogP contribution in [0, 0.1) is 13.8 Å². The lowest BCUT2D eigenvalue weighted by atomic mass is 10.1. The van der Waals surface area contributed by atoms with Gasteiger partial charge in [-0.25, -0.2) is 9.67 Å². The molecule has 0 fully saturated rings. The summed E-state index contributed by atoms with van der Waals surface area (Å²) < 4.78 is 1.89. The monoisotopic (exact) mass is 424 g/mol. The van der Waals surface area contributed by atoms with Gasteiger partial charge in [0, 0.05) is 35.0 Å². The summed E-state index contributed by atoms with van der Waals surface area (Å²) in [4.78, 5) is 22.5. The lowest BCUT2D eigenvalue weighted by molar-refractivity contribution is 0.0787. The molecule has 0 aliphatic rings. The lowest BCUT2D eigenvalue weighted by Crippen LogP contribution is -2.26. The molecule has 4 rings (SSSR count). The minimum atomic E-state index is -0.0160. The molecule has 7 heteroatoms. The fraction of sp³-hybridized carbons (Fsp3) is 0.318. The third-order valence-corrected chi connectivity index (χ3v) is 6.65. The zero-order valence-corrected chi connectivity index (χ0v) is 18.9. The van der Waals surface area contributed by atoms with Gasteiger partial charge in [0.15, 0.2) is 5.65 Å². The van der Waals surface area contributed by atoms with Crippen LogP contribution in [0.4, 0.5) is 0 Å². The Hall–Kier alpha value is -2.51. The Kier molecular flexibility index (Phi) is 5.27. The lowest BCUT2D eigenvalue weighted by Gasteiger charge is -2.18. The largest absolute Gasteiger partial charge is 0.337 e. The maximum atomic E-state index is 13.4. The first-order valence-corrected chi connectivity index (χ1v) is 11.3. The van der Waals surface area contributed by atoms with Crippen molar-refractivity contribution in [2.45, 2.75) is 40.3 Å². The molecule has 0 saturated carbocycles. The van der Waals surface area contributed by atoms with E-state index in [-0.39, 0.29) is 11.9 Å². The van der Waals surface area contributed by atoms with Crippen molar-refractivity contribution in [3.8, 4) is 11.3 Å². The number of amides is 1. The molecule has 0 aliphatic carbocycles. The van der Waals surface area contributed by atoms with E-state index in [1.54, 1.807) is 33.8 Å². The van der Waals surface area contributed by atoms with Gasteiger partial charge in [-0.2, -0.15) is 16.4 Å². The van der Waals surface area contributed by atoms with Crippen LogP contribution in [-0.4, -0.2) is 32.6 Å². The molecular formula is C22H24N4OS2. The van der Waals surface area contributed by atoms with Gasteiger partial charge in [0.1, 0.15) is 0 Å². The Labute approximate surface area is 178 Å². The number of aromatic nitrogens is 3. The predicted molar refractivity (Wildman–Crippen MR) is 121 cm³/mol. The molecule has 4 heterocycles. The Morgan fingerprint density at radius 3 is 2.69 bits per heavy atom. The molecular weight excluding hydrogens is 400 g/mol. The summed E-state index contributed by atoms with van der Waals surface area (Å²) in [7, 11) is 1.85. The summed E-state index contributed by atoms with van der Waals surface area (Å²) in [6, 6.07) is 6.28. The summed E-state index contributed by atoms with van der Waals surface area (Å²) in [6.45, 7) is 8.92. The van der Waals surface area contributed by atoms with E-state index in [2.05, 4.69) is 50.3 Å². The van der Waals surface area contributed by atoms with Crippen molar-refractivity contribution in [2.24, 2.45) is 0 Å². The van der Waals surface area contributed by atoms with E-state index in [1.807, 2.05) is 23.2 Å².